The van der Waals surface area contributed by atoms with Gasteiger partial charge in [-0.1, -0.05) is 30.3 Å². The van der Waals surface area contributed by atoms with Crippen molar-refractivity contribution in [1.29, 1.82) is 0 Å². The zero-order valence-corrected chi connectivity index (χ0v) is 18.7. The van der Waals surface area contributed by atoms with E-state index in [9.17, 15) is 23.2 Å². The number of nitrogens with one attached hydrogen (secondary N) is 1. The molecular weight excluding hydrogens is 454 g/mol. The smallest absolute Gasteiger partial charge is 0.329 e. The molecule has 0 unspecified atom stereocenters. The Bertz CT molecular complexity index is 1520. The second-order valence-electron chi connectivity index (χ2n) is 8.41. The highest BCUT2D eigenvalue weighted by molar-refractivity contribution is 5.95. The van der Waals surface area contributed by atoms with Crippen LogP contribution in [0.3, 0.4) is 0 Å². The van der Waals surface area contributed by atoms with E-state index in [4.69, 9.17) is 0 Å². The summed E-state index contributed by atoms with van der Waals surface area (Å²) in [5.74, 6) is -1.84. The number of hydrogen-bond donors (Lipinski definition) is 1. The number of carbonyl (C=O) groups excluding carboxylic acids is 1. The SMILES string of the molecule is O=C(c1cc(Cn2c(=O)[nH]c(=O)c3c(F)cccc32)ccc1F)N1CCN(c2ccccc2)CC1. The average molecular weight is 476 g/mol. The van der Waals surface area contributed by atoms with Crippen molar-refractivity contribution in [2.24, 2.45) is 0 Å². The number of benzene rings is 3. The van der Waals surface area contributed by atoms with Crippen molar-refractivity contribution < 1.29 is 13.6 Å². The molecule has 1 aliphatic heterocycles. The van der Waals surface area contributed by atoms with Gasteiger partial charge in [-0.25, -0.2) is 13.6 Å². The number of fused-ring (bicyclic) bond motifs is 1. The Morgan fingerprint density at radius 3 is 2.34 bits per heavy atom. The van der Waals surface area contributed by atoms with Crippen molar-refractivity contribution in [3.63, 3.8) is 0 Å². The number of halogens is 2. The number of nitrogens with zero attached hydrogens (tertiary/aromatic N) is 3. The van der Waals surface area contributed by atoms with E-state index in [1.54, 1.807) is 4.90 Å². The first-order valence-electron chi connectivity index (χ1n) is 11.2. The fourth-order valence-electron chi connectivity index (χ4n) is 4.45. The number of hydrogen-bond acceptors (Lipinski definition) is 4. The van der Waals surface area contributed by atoms with Gasteiger partial charge in [0.1, 0.15) is 11.6 Å². The molecule has 9 heteroatoms. The van der Waals surface area contributed by atoms with Gasteiger partial charge in [-0.3, -0.25) is 19.1 Å². The first-order valence-corrected chi connectivity index (χ1v) is 11.2. The summed E-state index contributed by atoms with van der Waals surface area (Å²) >= 11 is 0. The Labute approximate surface area is 198 Å². The van der Waals surface area contributed by atoms with Gasteiger partial charge in [0.05, 0.1) is 23.0 Å². The number of piperazine rings is 1. The standard InChI is InChI=1S/C26H22F2N4O3/c27-20-10-9-17(16-32-22-8-4-7-21(28)23(22)24(33)29-26(32)35)15-19(20)25(34)31-13-11-30(12-14-31)18-5-2-1-3-6-18/h1-10,15H,11-14,16H2,(H,29,33,35). The Hall–Kier alpha value is -4.27. The second-order valence-corrected chi connectivity index (χ2v) is 8.41. The van der Waals surface area contributed by atoms with Crippen LogP contribution in [0, 0.1) is 11.6 Å². The molecule has 0 radical (unpaired) electrons. The third-order valence-electron chi connectivity index (χ3n) is 6.27. The average Bonchev–Trinajstić information content (AvgIpc) is 2.87. The minimum absolute atomic E-state index is 0.0715. The zero-order valence-electron chi connectivity index (χ0n) is 18.7. The third-order valence-corrected chi connectivity index (χ3v) is 6.27. The van der Waals surface area contributed by atoms with E-state index in [-0.39, 0.29) is 23.0 Å². The number of aromatic nitrogens is 2. The molecule has 0 aliphatic carbocycles. The molecule has 1 N–H and O–H groups in total. The lowest BCUT2D eigenvalue weighted by Crippen LogP contribution is -2.49. The van der Waals surface area contributed by atoms with Crippen LogP contribution < -0.4 is 16.1 Å². The summed E-state index contributed by atoms with van der Waals surface area (Å²) in [4.78, 5) is 43.6. The predicted molar refractivity (Wildman–Crippen MR) is 129 cm³/mol. The van der Waals surface area contributed by atoms with Gasteiger partial charge < -0.3 is 9.80 Å². The predicted octanol–water partition coefficient (Wildman–Crippen LogP) is 2.98. The lowest BCUT2D eigenvalue weighted by atomic mass is 10.1. The van der Waals surface area contributed by atoms with Gasteiger partial charge >= 0.3 is 5.69 Å². The minimum Gasteiger partial charge on any atom is -0.368 e. The van der Waals surface area contributed by atoms with Crippen LogP contribution in [-0.4, -0.2) is 46.5 Å². The van der Waals surface area contributed by atoms with Crippen molar-refractivity contribution in [2.75, 3.05) is 31.1 Å². The highest BCUT2D eigenvalue weighted by atomic mass is 19.1. The Kier molecular flexibility index (Phi) is 5.90. The van der Waals surface area contributed by atoms with Crippen molar-refractivity contribution in [2.45, 2.75) is 6.54 Å². The van der Waals surface area contributed by atoms with Crippen molar-refractivity contribution in [1.82, 2.24) is 14.5 Å². The van der Waals surface area contributed by atoms with Crippen molar-refractivity contribution in [3.05, 3.63) is 110 Å². The molecule has 35 heavy (non-hydrogen) atoms. The van der Waals surface area contributed by atoms with Gasteiger partial charge in [0.2, 0.25) is 0 Å². The number of para-hydroxylation sites is 1. The summed E-state index contributed by atoms with van der Waals surface area (Å²) in [5.41, 5.74) is 0.0306. The van der Waals surface area contributed by atoms with E-state index in [1.807, 2.05) is 30.3 Å². The Morgan fingerprint density at radius 2 is 1.60 bits per heavy atom. The van der Waals surface area contributed by atoms with Crippen LogP contribution in [0.1, 0.15) is 15.9 Å². The number of aromatic amines is 1. The third kappa shape index (κ3) is 4.32. The van der Waals surface area contributed by atoms with E-state index >= 15 is 0 Å². The Balaban J connectivity index is 1.40. The minimum atomic E-state index is -0.816. The van der Waals surface area contributed by atoms with Crippen LogP contribution in [0.15, 0.2) is 76.3 Å². The highest BCUT2D eigenvalue weighted by Crippen LogP contribution is 2.20. The van der Waals surface area contributed by atoms with Gasteiger partial charge in [0, 0.05) is 31.9 Å². The van der Waals surface area contributed by atoms with Crippen molar-refractivity contribution in [3.8, 4) is 0 Å². The number of rotatable bonds is 4. The summed E-state index contributed by atoms with van der Waals surface area (Å²) in [7, 11) is 0. The summed E-state index contributed by atoms with van der Waals surface area (Å²) in [6.45, 7) is 2.07. The molecule has 0 saturated carbocycles. The summed E-state index contributed by atoms with van der Waals surface area (Å²) in [6.07, 6.45) is 0. The van der Waals surface area contributed by atoms with E-state index in [0.717, 1.165) is 11.8 Å². The maximum absolute atomic E-state index is 14.7. The number of anilines is 1. The molecule has 5 rings (SSSR count). The van der Waals surface area contributed by atoms with E-state index in [0.29, 0.717) is 31.7 Å². The highest BCUT2D eigenvalue weighted by Gasteiger charge is 2.25. The first-order chi connectivity index (χ1) is 16.9. The molecule has 0 spiro atoms. The first kappa shape index (κ1) is 22.5. The van der Waals surface area contributed by atoms with Gasteiger partial charge in [-0.2, -0.15) is 0 Å². The topological polar surface area (TPSA) is 78.4 Å². The van der Waals surface area contributed by atoms with Gasteiger partial charge in [-0.15, -0.1) is 0 Å². The molecule has 0 bridgehead atoms. The maximum atomic E-state index is 14.7. The summed E-state index contributed by atoms with van der Waals surface area (Å²) in [5, 5.41) is -0.234. The van der Waals surface area contributed by atoms with E-state index < -0.39 is 28.8 Å². The molecule has 0 atom stereocenters. The Morgan fingerprint density at radius 1 is 0.857 bits per heavy atom. The van der Waals surface area contributed by atoms with Gasteiger partial charge in [0.25, 0.3) is 11.5 Å². The van der Waals surface area contributed by atoms with Crippen LogP contribution in [0.4, 0.5) is 14.5 Å². The maximum Gasteiger partial charge on any atom is 0.329 e. The quantitative estimate of drug-likeness (QED) is 0.491. The normalized spacial score (nSPS) is 13.9. The molecule has 4 aromatic rings. The molecular formula is C26H22F2N4O3. The molecule has 3 aromatic carbocycles. The molecule has 1 amide bonds. The lowest BCUT2D eigenvalue weighted by Gasteiger charge is -2.36. The van der Waals surface area contributed by atoms with Crippen LogP contribution in [-0.2, 0) is 6.54 Å². The molecule has 7 nitrogen and oxygen atoms in total. The fourth-order valence-corrected chi connectivity index (χ4v) is 4.45. The van der Waals surface area contributed by atoms with Crippen molar-refractivity contribution >= 4 is 22.5 Å². The molecule has 1 aromatic heterocycles. The van der Waals surface area contributed by atoms with Crippen LogP contribution >= 0.6 is 0 Å². The molecule has 1 aliphatic rings. The van der Waals surface area contributed by atoms with Crippen LogP contribution in [0.25, 0.3) is 10.9 Å². The largest absolute Gasteiger partial charge is 0.368 e. The van der Waals surface area contributed by atoms with Gasteiger partial charge in [0.15, 0.2) is 0 Å². The molecule has 178 valence electrons. The van der Waals surface area contributed by atoms with Crippen LogP contribution in [0.5, 0.6) is 0 Å². The van der Waals surface area contributed by atoms with E-state index in [2.05, 4.69) is 9.88 Å². The van der Waals surface area contributed by atoms with E-state index in [1.165, 1.54) is 34.9 Å². The van der Waals surface area contributed by atoms with Gasteiger partial charge in [-0.05, 0) is 42.0 Å². The number of amides is 1. The molecule has 1 saturated heterocycles. The number of carbonyl (C=O) groups is 1. The monoisotopic (exact) mass is 476 g/mol. The second kappa shape index (κ2) is 9.17. The number of H-pyrrole nitrogens is 1. The fraction of sp³-hybridized carbons (Fsp3) is 0.192. The summed E-state index contributed by atoms with van der Waals surface area (Å²) < 4.78 is 30.1. The zero-order chi connectivity index (χ0) is 24.5. The molecule has 1 fully saturated rings. The summed E-state index contributed by atoms with van der Waals surface area (Å²) in [6, 6.07) is 17.9. The van der Waals surface area contributed by atoms with Crippen LogP contribution in [0.2, 0.25) is 0 Å². The lowest BCUT2D eigenvalue weighted by molar-refractivity contribution is 0.0742. The molecule has 2 heterocycles.